The minimum Gasteiger partial charge on any atom is -0.379 e. The monoisotopic (exact) mass is 349 g/mol. The average molecular weight is 349 g/mol. The highest BCUT2D eigenvalue weighted by Crippen LogP contribution is 2.32. The van der Waals surface area contributed by atoms with Gasteiger partial charge in [0.05, 0.1) is 4.92 Å². The Balaban J connectivity index is 2.53. The van der Waals surface area contributed by atoms with Crippen LogP contribution in [-0.2, 0) is 10.1 Å². The molecule has 0 unspecified atom stereocenters. The second-order valence-electron chi connectivity index (χ2n) is 5.89. The summed E-state index contributed by atoms with van der Waals surface area (Å²) in [7, 11) is -4.18. The van der Waals surface area contributed by atoms with E-state index in [-0.39, 0.29) is 27.8 Å². The molecule has 0 aliphatic heterocycles. The Labute approximate surface area is 141 Å². The van der Waals surface area contributed by atoms with Crippen molar-refractivity contribution in [2.24, 2.45) is 0 Å². The van der Waals surface area contributed by atoms with E-state index < -0.39 is 15.0 Å². The molecule has 0 saturated carbocycles. The quantitative estimate of drug-likeness (QED) is 0.461. The summed E-state index contributed by atoms with van der Waals surface area (Å²) in [5.74, 6) is 0.318. The summed E-state index contributed by atoms with van der Waals surface area (Å²) in [6.07, 6.45) is 0. The molecule has 24 heavy (non-hydrogen) atoms. The van der Waals surface area contributed by atoms with Gasteiger partial charge >= 0.3 is 10.1 Å². The van der Waals surface area contributed by atoms with Gasteiger partial charge in [0.1, 0.15) is 10.6 Å². The summed E-state index contributed by atoms with van der Waals surface area (Å²) >= 11 is 0. The third kappa shape index (κ3) is 3.56. The first-order valence-corrected chi connectivity index (χ1v) is 8.83. The number of nitrogens with zero attached hydrogens (tertiary/aromatic N) is 1. The molecule has 0 N–H and O–H groups in total. The maximum Gasteiger partial charge on any atom is 0.339 e. The third-order valence-corrected chi connectivity index (χ3v) is 5.09. The molecule has 0 amide bonds. The van der Waals surface area contributed by atoms with Gasteiger partial charge in [-0.3, -0.25) is 10.1 Å². The Hall–Kier alpha value is -2.41. The van der Waals surface area contributed by atoms with Crippen molar-refractivity contribution in [1.29, 1.82) is 0 Å². The van der Waals surface area contributed by atoms with Crippen molar-refractivity contribution in [3.63, 3.8) is 0 Å². The highest BCUT2D eigenvalue weighted by atomic mass is 32.2. The number of benzene rings is 2. The lowest BCUT2D eigenvalue weighted by molar-refractivity contribution is -0.385. The van der Waals surface area contributed by atoms with Gasteiger partial charge < -0.3 is 4.18 Å². The standard InChI is InChI=1S/C17H19NO5S/c1-11(2)14-9-8-12(3)10-16(14)23-24(21,22)17-7-5-6-15(13(17)4)18(19)20/h5-11H,1-4H3. The smallest absolute Gasteiger partial charge is 0.339 e. The Morgan fingerprint density at radius 3 is 2.38 bits per heavy atom. The Bertz CT molecular complexity index is 888. The molecule has 0 radical (unpaired) electrons. The molecule has 0 aliphatic carbocycles. The van der Waals surface area contributed by atoms with Crippen LogP contribution in [0.15, 0.2) is 41.3 Å². The molecule has 2 aromatic carbocycles. The molecule has 128 valence electrons. The van der Waals surface area contributed by atoms with E-state index in [1.54, 1.807) is 6.07 Å². The van der Waals surface area contributed by atoms with Gasteiger partial charge in [-0.15, -0.1) is 0 Å². The molecule has 0 atom stereocenters. The van der Waals surface area contributed by atoms with E-state index in [1.807, 2.05) is 32.9 Å². The Kier molecular flexibility index (Phi) is 4.94. The summed E-state index contributed by atoms with van der Waals surface area (Å²) in [6, 6.07) is 9.27. The van der Waals surface area contributed by atoms with Crippen LogP contribution in [0.1, 0.15) is 36.5 Å². The van der Waals surface area contributed by atoms with Crippen molar-refractivity contribution in [2.75, 3.05) is 0 Å². The molecule has 0 aliphatic rings. The van der Waals surface area contributed by atoms with Gasteiger partial charge in [-0.05, 0) is 43.0 Å². The fourth-order valence-electron chi connectivity index (χ4n) is 2.43. The van der Waals surface area contributed by atoms with E-state index in [9.17, 15) is 18.5 Å². The number of hydrogen-bond acceptors (Lipinski definition) is 5. The van der Waals surface area contributed by atoms with Crippen LogP contribution in [0.5, 0.6) is 5.75 Å². The van der Waals surface area contributed by atoms with Gasteiger partial charge in [-0.25, -0.2) is 0 Å². The fourth-order valence-corrected chi connectivity index (χ4v) is 3.62. The number of rotatable bonds is 5. The largest absolute Gasteiger partial charge is 0.379 e. The minimum absolute atomic E-state index is 0.0567. The predicted molar refractivity (Wildman–Crippen MR) is 90.9 cm³/mol. The molecular formula is C17H19NO5S. The zero-order chi connectivity index (χ0) is 18.1. The molecule has 0 heterocycles. The number of aryl methyl sites for hydroxylation is 1. The molecule has 7 heteroatoms. The summed E-state index contributed by atoms with van der Waals surface area (Å²) in [4.78, 5) is 10.2. The van der Waals surface area contributed by atoms with Gasteiger partial charge in [-0.2, -0.15) is 8.42 Å². The number of hydrogen-bond donors (Lipinski definition) is 0. The SMILES string of the molecule is Cc1ccc(C(C)C)c(OS(=O)(=O)c2cccc([N+](=O)[O-])c2C)c1. The minimum atomic E-state index is -4.18. The first-order valence-electron chi connectivity index (χ1n) is 7.42. The zero-order valence-corrected chi connectivity index (χ0v) is 14.8. The van der Waals surface area contributed by atoms with Crippen molar-refractivity contribution < 1.29 is 17.5 Å². The van der Waals surface area contributed by atoms with E-state index in [0.29, 0.717) is 0 Å². The molecule has 0 saturated heterocycles. The summed E-state index contributed by atoms with van der Waals surface area (Å²) in [5.41, 5.74) is 1.42. The summed E-state index contributed by atoms with van der Waals surface area (Å²) < 4.78 is 30.6. The lowest BCUT2D eigenvalue weighted by Crippen LogP contribution is -2.13. The average Bonchev–Trinajstić information content (AvgIpc) is 2.46. The summed E-state index contributed by atoms with van der Waals surface area (Å²) in [5, 5.41) is 11.0. The van der Waals surface area contributed by atoms with Gasteiger partial charge in [-0.1, -0.05) is 32.0 Å². The van der Waals surface area contributed by atoms with Crippen molar-refractivity contribution in [2.45, 2.75) is 38.5 Å². The van der Waals surface area contributed by atoms with Crippen LogP contribution in [0.3, 0.4) is 0 Å². The zero-order valence-electron chi connectivity index (χ0n) is 13.9. The second kappa shape index (κ2) is 6.60. The first kappa shape index (κ1) is 17.9. The van der Waals surface area contributed by atoms with E-state index in [0.717, 1.165) is 11.1 Å². The molecule has 2 rings (SSSR count). The van der Waals surface area contributed by atoms with Gasteiger partial charge in [0, 0.05) is 11.6 Å². The normalized spacial score (nSPS) is 11.5. The van der Waals surface area contributed by atoms with Crippen molar-refractivity contribution in [1.82, 2.24) is 0 Å². The predicted octanol–water partition coefficient (Wildman–Crippen LogP) is 4.10. The molecule has 0 bridgehead atoms. The highest BCUT2D eigenvalue weighted by Gasteiger charge is 2.26. The van der Waals surface area contributed by atoms with E-state index in [4.69, 9.17) is 4.18 Å². The van der Waals surface area contributed by atoms with Crippen molar-refractivity contribution >= 4 is 15.8 Å². The van der Waals surface area contributed by atoms with Crippen LogP contribution in [-0.4, -0.2) is 13.3 Å². The Morgan fingerprint density at radius 2 is 1.79 bits per heavy atom. The van der Waals surface area contributed by atoms with Crippen LogP contribution >= 0.6 is 0 Å². The van der Waals surface area contributed by atoms with E-state index in [2.05, 4.69) is 0 Å². The topological polar surface area (TPSA) is 86.5 Å². The van der Waals surface area contributed by atoms with Crippen molar-refractivity contribution in [3.05, 3.63) is 63.2 Å². The maximum atomic E-state index is 12.6. The summed E-state index contributed by atoms with van der Waals surface area (Å²) in [6.45, 7) is 7.10. The second-order valence-corrected chi connectivity index (χ2v) is 7.41. The van der Waals surface area contributed by atoms with Gasteiger partial charge in [0.2, 0.25) is 0 Å². The third-order valence-electron chi connectivity index (χ3n) is 3.71. The first-order chi connectivity index (χ1) is 11.1. The molecule has 0 aromatic heterocycles. The number of nitro groups is 1. The van der Waals surface area contributed by atoms with Crippen LogP contribution in [0.25, 0.3) is 0 Å². The van der Waals surface area contributed by atoms with Crippen LogP contribution in [0.2, 0.25) is 0 Å². The lowest BCUT2D eigenvalue weighted by atomic mass is 10.0. The van der Waals surface area contributed by atoms with Crippen LogP contribution < -0.4 is 4.18 Å². The van der Waals surface area contributed by atoms with Gasteiger partial charge in [0.15, 0.2) is 0 Å². The van der Waals surface area contributed by atoms with E-state index >= 15 is 0 Å². The molecule has 2 aromatic rings. The van der Waals surface area contributed by atoms with Gasteiger partial charge in [0.25, 0.3) is 5.69 Å². The highest BCUT2D eigenvalue weighted by molar-refractivity contribution is 7.87. The molecule has 0 spiro atoms. The van der Waals surface area contributed by atoms with Crippen LogP contribution in [0, 0.1) is 24.0 Å². The fraction of sp³-hybridized carbons (Fsp3) is 0.294. The van der Waals surface area contributed by atoms with Crippen LogP contribution in [0.4, 0.5) is 5.69 Å². The Morgan fingerprint density at radius 1 is 1.12 bits per heavy atom. The van der Waals surface area contributed by atoms with E-state index in [1.165, 1.54) is 25.1 Å². The lowest BCUT2D eigenvalue weighted by Gasteiger charge is -2.15. The maximum absolute atomic E-state index is 12.6. The number of nitro benzene ring substituents is 1. The molecular weight excluding hydrogens is 330 g/mol. The molecule has 0 fully saturated rings. The van der Waals surface area contributed by atoms with Crippen molar-refractivity contribution in [3.8, 4) is 5.75 Å². The molecule has 6 nitrogen and oxygen atoms in total.